The van der Waals surface area contributed by atoms with Gasteiger partial charge in [0.15, 0.2) is 21.3 Å². The molecule has 0 radical (unpaired) electrons. The molecular weight excluding hydrogens is 404 g/mol. The molecule has 2 bridgehead atoms. The fraction of sp³-hybridized carbons (Fsp3) is 0.632. The molecule has 2 saturated heterocycles. The lowest BCUT2D eigenvalue weighted by atomic mass is 10.00. The summed E-state index contributed by atoms with van der Waals surface area (Å²) < 4.78 is 36.4. The van der Waals surface area contributed by atoms with E-state index in [0.717, 1.165) is 32.1 Å². The molecule has 2 N–H and O–H groups in total. The molecule has 1 aromatic rings. The van der Waals surface area contributed by atoms with Crippen molar-refractivity contribution >= 4 is 28.2 Å². The molecule has 0 saturated carbocycles. The minimum atomic E-state index is -3.56. The van der Waals surface area contributed by atoms with Crippen LogP contribution < -0.4 is 20.1 Å². The fourth-order valence-corrected chi connectivity index (χ4v) is 5.41. The zero-order valence-corrected chi connectivity index (χ0v) is 17.3. The standard InChI is InChI=1S/C19H26N2O5S.ClH/c22-19(21-15-10-13-2-3-14(11-15)20-13)6-9-27(23,24)16-4-5-17-18(12-16)26-8-1-7-25-17;/h4-5,12-15,20H,1-3,6-11H2,(H,21,22);1H. The van der Waals surface area contributed by atoms with Crippen LogP contribution in [0.2, 0.25) is 0 Å². The summed E-state index contributed by atoms with van der Waals surface area (Å²) in [5.74, 6) is 0.600. The highest BCUT2D eigenvalue weighted by atomic mass is 35.5. The van der Waals surface area contributed by atoms with E-state index in [0.29, 0.717) is 36.8 Å². The summed E-state index contributed by atoms with van der Waals surface area (Å²) in [4.78, 5) is 12.4. The van der Waals surface area contributed by atoms with E-state index in [4.69, 9.17) is 9.47 Å². The number of hydrogen-bond acceptors (Lipinski definition) is 6. The summed E-state index contributed by atoms with van der Waals surface area (Å²) in [6.45, 7) is 1.05. The quantitative estimate of drug-likeness (QED) is 0.740. The van der Waals surface area contributed by atoms with Crippen LogP contribution in [-0.2, 0) is 14.6 Å². The van der Waals surface area contributed by atoms with Crippen molar-refractivity contribution in [1.82, 2.24) is 10.6 Å². The van der Waals surface area contributed by atoms with Gasteiger partial charge in [-0.15, -0.1) is 12.4 Å². The topological polar surface area (TPSA) is 93.7 Å². The van der Waals surface area contributed by atoms with Crippen LogP contribution in [0.1, 0.15) is 38.5 Å². The Labute approximate surface area is 171 Å². The number of nitrogens with one attached hydrogen (secondary N) is 2. The van der Waals surface area contributed by atoms with Gasteiger partial charge in [-0.2, -0.15) is 0 Å². The van der Waals surface area contributed by atoms with E-state index in [1.54, 1.807) is 6.07 Å². The molecule has 7 nitrogen and oxygen atoms in total. The summed E-state index contributed by atoms with van der Waals surface area (Å²) in [5.41, 5.74) is 0. The Morgan fingerprint density at radius 2 is 1.79 bits per heavy atom. The van der Waals surface area contributed by atoms with Gasteiger partial charge in [-0.25, -0.2) is 8.42 Å². The molecule has 2 atom stereocenters. The zero-order valence-electron chi connectivity index (χ0n) is 15.7. The molecule has 3 aliphatic heterocycles. The van der Waals surface area contributed by atoms with Gasteiger partial charge in [0.1, 0.15) is 0 Å². The van der Waals surface area contributed by atoms with Crippen LogP contribution in [0.15, 0.2) is 23.1 Å². The van der Waals surface area contributed by atoms with Gasteiger partial charge in [0, 0.05) is 37.0 Å². The van der Waals surface area contributed by atoms with E-state index >= 15 is 0 Å². The largest absolute Gasteiger partial charge is 0.490 e. The van der Waals surface area contributed by atoms with E-state index < -0.39 is 9.84 Å². The van der Waals surface area contributed by atoms with Gasteiger partial charge < -0.3 is 20.1 Å². The molecule has 0 aromatic heterocycles. The predicted octanol–water partition coefficient (Wildman–Crippen LogP) is 1.83. The van der Waals surface area contributed by atoms with E-state index in [1.807, 2.05) is 0 Å². The third kappa shape index (κ3) is 4.90. The van der Waals surface area contributed by atoms with Crippen LogP contribution >= 0.6 is 12.4 Å². The molecule has 3 heterocycles. The van der Waals surface area contributed by atoms with Crippen LogP contribution in [0.25, 0.3) is 0 Å². The van der Waals surface area contributed by atoms with Crippen molar-refractivity contribution in [1.29, 1.82) is 0 Å². The van der Waals surface area contributed by atoms with Gasteiger partial charge >= 0.3 is 0 Å². The van der Waals surface area contributed by atoms with Crippen molar-refractivity contribution in [2.24, 2.45) is 0 Å². The lowest BCUT2D eigenvalue weighted by molar-refractivity contribution is -0.121. The minimum Gasteiger partial charge on any atom is -0.490 e. The average molecular weight is 431 g/mol. The molecule has 2 fully saturated rings. The second kappa shape index (κ2) is 8.88. The molecular formula is C19H27ClN2O5S. The molecule has 2 unspecified atom stereocenters. The summed E-state index contributed by atoms with van der Waals surface area (Å²) in [7, 11) is -3.56. The lowest BCUT2D eigenvalue weighted by Gasteiger charge is -2.29. The summed E-state index contributed by atoms with van der Waals surface area (Å²) in [6.07, 6.45) is 4.91. The van der Waals surface area contributed by atoms with Crippen molar-refractivity contribution in [3.8, 4) is 11.5 Å². The van der Waals surface area contributed by atoms with Gasteiger partial charge in [0.05, 0.1) is 23.9 Å². The number of hydrogen-bond donors (Lipinski definition) is 2. The van der Waals surface area contributed by atoms with Gasteiger partial charge in [-0.3, -0.25) is 4.79 Å². The third-order valence-electron chi connectivity index (χ3n) is 5.51. The van der Waals surface area contributed by atoms with Gasteiger partial charge in [0.25, 0.3) is 0 Å². The maximum atomic E-state index is 12.6. The lowest BCUT2D eigenvalue weighted by Crippen LogP contribution is -2.48. The Kier molecular flexibility index (Phi) is 6.73. The number of halogens is 1. The zero-order chi connectivity index (χ0) is 18.9. The number of amides is 1. The fourth-order valence-electron chi connectivity index (χ4n) is 4.16. The van der Waals surface area contributed by atoms with Crippen LogP contribution in [-0.4, -0.2) is 51.4 Å². The molecule has 1 amide bonds. The Balaban J connectivity index is 0.00000225. The molecule has 9 heteroatoms. The number of rotatable bonds is 5. The number of ether oxygens (including phenoxy) is 2. The Bertz CT molecular complexity index is 805. The smallest absolute Gasteiger partial charge is 0.221 e. The van der Waals surface area contributed by atoms with Crippen molar-refractivity contribution in [3.63, 3.8) is 0 Å². The first-order valence-corrected chi connectivity index (χ1v) is 11.3. The number of benzene rings is 1. The average Bonchev–Trinajstić information content (AvgIpc) is 2.84. The molecule has 0 spiro atoms. The number of sulfone groups is 1. The van der Waals surface area contributed by atoms with E-state index in [9.17, 15) is 13.2 Å². The Hall–Kier alpha value is -1.51. The Morgan fingerprint density at radius 3 is 2.50 bits per heavy atom. The number of carbonyl (C=O) groups excluding carboxylic acids is 1. The van der Waals surface area contributed by atoms with Crippen LogP contribution in [0, 0.1) is 0 Å². The highest BCUT2D eigenvalue weighted by molar-refractivity contribution is 7.91. The second-order valence-electron chi connectivity index (χ2n) is 7.60. The Morgan fingerprint density at radius 1 is 1.11 bits per heavy atom. The monoisotopic (exact) mass is 430 g/mol. The van der Waals surface area contributed by atoms with Crippen molar-refractivity contribution in [2.45, 2.75) is 61.5 Å². The number of fused-ring (bicyclic) bond motifs is 3. The maximum absolute atomic E-state index is 12.6. The van der Waals surface area contributed by atoms with Gasteiger partial charge in [-0.05, 0) is 37.8 Å². The summed E-state index contributed by atoms with van der Waals surface area (Å²) in [5, 5.41) is 6.55. The molecule has 28 heavy (non-hydrogen) atoms. The predicted molar refractivity (Wildman–Crippen MR) is 107 cm³/mol. The van der Waals surface area contributed by atoms with Gasteiger partial charge in [-0.1, -0.05) is 0 Å². The van der Waals surface area contributed by atoms with Crippen molar-refractivity contribution < 1.29 is 22.7 Å². The summed E-state index contributed by atoms with van der Waals surface area (Å²) >= 11 is 0. The van der Waals surface area contributed by atoms with Crippen molar-refractivity contribution in [3.05, 3.63) is 18.2 Å². The highest BCUT2D eigenvalue weighted by Gasteiger charge is 2.34. The first-order valence-electron chi connectivity index (χ1n) is 9.67. The molecule has 0 aliphatic carbocycles. The van der Waals surface area contributed by atoms with E-state index in [1.165, 1.54) is 12.1 Å². The van der Waals surface area contributed by atoms with E-state index in [-0.39, 0.29) is 41.4 Å². The molecule has 1 aromatic carbocycles. The van der Waals surface area contributed by atoms with Gasteiger partial charge in [0.2, 0.25) is 5.91 Å². The highest BCUT2D eigenvalue weighted by Crippen LogP contribution is 2.32. The van der Waals surface area contributed by atoms with E-state index in [2.05, 4.69) is 10.6 Å². The second-order valence-corrected chi connectivity index (χ2v) is 9.71. The number of piperidine rings is 1. The van der Waals surface area contributed by atoms with Crippen molar-refractivity contribution in [2.75, 3.05) is 19.0 Å². The maximum Gasteiger partial charge on any atom is 0.221 e. The van der Waals surface area contributed by atoms with Crippen LogP contribution in [0.5, 0.6) is 11.5 Å². The first kappa shape index (κ1) is 21.2. The third-order valence-corrected chi connectivity index (χ3v) is 7.23. The number of carbonyl (C=O) groups is 1. The first-order chi connectivity index (χ1) is 13.0. The van der Waals surface area contributed by atoms with Crippen LogP contribution in [0.3, 0.4) is 0 Å². The van der Waals surface area contributed by atoms with Crippen LogP contribution in [0.4, 0.5) is 0 Å². The minimum absolute atomic E-state index is 0. The SMILES string of the molecule is Cl.O=C(CCS(=O)(=O)c1ccc2c(c1)OCCCO2)NC1CC2CCC(C1)N2. The molecule has 156 valence electrons. The molecule has 4 rings (SSSR count). The molecule has 3 aliphatic rings. The normalized spacial score (nSPS) is 26.1. The summed E-state index contributed by atoms with van der Waals surface area (Å²) in [6, 6.07) is 5.76.